The number of fused-ring (bicyclic) bond motifs is 1. The third kappa shape index (κ3) is 3.78. The molecule has 1 N–H and O–H groups in total. The van der Waals surface area contributed by atoms with Crippen molar-refractivity contribution in [3.8, 4) is 0 Å². The van der Waals surface area contributed by atoms with Gasteiger partial charge < -0.3 is 5.32 Å². The summed E-state index contributed by atoms with van der Waals surface area (Å²) in [5.74, 6) is 0.700. The standard InChI is InChI=1S/C18H23N3O2/c1-13-5-4-6-14(11-13)20-17(22)9-10-21-12-19-16-8-3-2-7-15(16)18(21)23/h2-3,7-8,12-14H,4-6,9-11H2,1H3,(H,20,22). The molecule has 122 valence electrons. The maximum atomic E-state index is 12.4. The first-order valence-corrected chi connectivity index (χ1v) is 8.37. The number of amides is 1. The highest BCUT2D eigenvalue weighted by Gasteiger charge is 2.20. The molecule has 0 aliphatic heterocycles. The number of rotatable bonds is 4. The van der Waals surface area contributed by atoms with Gasteiger partial charge >= 0.3 is 0 Å². The molecule has 2 aromatic rings. The van der Waals surface area contributed by atoms with E-state index in [-0.39, 0.29) is 17.5 Å². The van der Waals surface area contributed by atoms with Gasteiger partial charge in [-0.3, -0.25) is 14.2 Å². The van der Waals surface area contributed by atoms with E-state index in [4.69, 9.17) is 0 Å². The van der Waals surface area contributed by atoms with Crippen LogP contribution in [0, 0.1) is 5.92 Å². The summed E-state index contributed by atoms with van der Waals surface area (Å²) < 4.78 is 1.52. The molecule has 2 unspecified atom stereocenters. The molecule has 1 amide bonds. The number of carbonyl (C=O) groups excluding carboxylic acids is 1. The highest BCUT2D eigenvalue weighted by Crippen LogP contribution is 2.23. The monoisotopic (exact) mass is 313 g/mol. The molecule has 0 spiro atoms. The number of aromatic nitrogens is 2. The molecule has 1 aromatic carbocycles. The summed E-state index contributed by atoms with van der Waals surface area (Å²) in [6, 6.07) is 7.56. The predicted molar refractivity (Wildman–Crippen MR) is 90.2 cm³/mol. The van der Waals surface area contributed by atoms with Crippen LogP contribution in [0.25, 0.3) is 10.9 Å². The zero-order valence-corrected chi connectivity index (χ0v) is 13.5. The second-order valence-electron chi connectivity index (χ2n) is 6.55. The quantitative estimate of drug-likeness (QED) is 0.943. The van der Waals surface area contributed by atoms with E-state index >= 15 is 0 Å². The van der Waals surface area contributed by atoms with Crippen LogP contribution in [0.3, 0.4) is 0 Å². The molecule has 0 saturated heterocycles. The third-order valence-electron chi connectivity index (χ3n) is 4.61. The van der Waals surface area contributed by atoms with Gasteiger partial charge in [0.1, 0.15) is 0 Å². The lowest BCUT2D eigenvalue weighted by Gasteiger charge is -2.27. The van der Waals surface area contributed by atoms with Gasteiger partial charge in [-0.15, -0.1) is 0 Å². The highest BCUT2D eigenvalue weighted by molar-refractivity contribution is 5.77. The van der Waals surface area contributed by atoms with E-state index in [1.807, 2.05) is 18.2 Å². The highest BCUT2D eigenvalue weighted by atomic mass is 16.2. The molecule has 3 rings (SSSR count). The lowest BCUT2D eigenvalue weighted by molar-refractivity contribution is -0.122. The number of hydrogen-bond acceptors (Lipinski definition) is 3. The maximum Gasteiger partial charge on any atom is 0.261 e. The van der Waals surface area contributed by atoms with Gasteiger partial charge in [-0.1, -0.05) is 31.9 Å². The van der Waals surface area contributed by atoms with Crippen LogP contribution < -0.4 is 10.9 Å². The fourth-order valence-corrected chi connectivity index (χ4v) is 3.35. The first-order chi connectivity index (χ1) is 11.1. The molecule has 5 heteroatoms. The van der Waals surface area contributed by atoms with Crippen molar-refractivity contribution >= 4 is 16.8 Å². The Morgan fingerprint density at radius 2 is 2.17 bits per heavy atom. The number of nitrogens with zero attached hydrogens (tertiary/aromatic N) is 2. The van der Waals surface area contributed by atoms with Gasteiger partial charge in [0.05, 0.1) is 17.2 Å². The molecular weight excluding hydrogens is 290 g/mol. The van der Waals surface area contributed by atoms with Gasteiger partial charge in [-0.2, -0.15) is 0 Å². The Labute approximate surface area is 135 Å². The second kappa shape index (κ2) is 6.94. The van der Waals surface area contributed by atoms with Crippen LogP contribution in [0.1, 0.15) is 39.0 Å². The Bertz CT molecular complexity index is 753. The van der Waals surface area contributed by atoms with Crippen molar-refractivity contribution in [1.82, 2.24) is 14.9 Å². The smallest absolute Gasteiger partial charge is 0.261 e. The van der Waals surface area contributed by atoms with Crippen LogP contribution in [0.4, 0.5) is 0 Å². The average molecular weight is 313 g/mol. The molecule has 23 heavy (non-hydrogen) atoms. The van der Waals surface area contributed by atoms with Crippen molar-refractivity contribution in [3.05, 3.63) is 40.9 Å². The van der Waals surface area contributed by atoms with E-state index in [1.165, 1.54) is 23.7 Å². The summed E-state index contributed by atoms with van der Waals surface area (Å²) in [5.41, 5.74) is 0.601. The van der Waals surface area contributed by atoms with E-state index in [1.54, 1.807) is 6.07 Å². The molecule has 1 aromatic heterocycles. The number of hydrogen-bond donors (Lipinski definition) is 1. The lowest BCUT2D eigenvalue weighted by Crippen LogP contribution is -2.38. The summed E-state index contributed by atoms with van der Waals surface area (Å²) >= 11 is 0. The Hall–Kier alpha value is -2.17. The molecule has 1 aliphatic carbocycles. The SMILES string of the molecule is CC1CCCC(NC(=O)CCn2cnc3ccccc3c2=O)C1. The third-order valence-corrected chi connectivity index (χ3v) is 4.61. The van der Waals surface area contributed by atoms with Gasteiger partial charge in [0.25, 0.3) is 5.56 Å². The number of aryl methyl sites for hydroxylation is 1. The van der Waals surface area contributed by atoms with E-state index in [2.05, 4.69) is 17.2 Å². The topological polar surface area (TPSA) is 64.0 Å². The van der Waals surface area contributed by atoms with E-state index in [0.717, 1.165) is 12.8 Å². The first-order valence-electron chi connectivity index (χ1n) is 8.37. The molecule has 1 fully saturated rings. The molecule has 1 heterocycles. The molecule has 1 aliphatic rings. The first kappa shape index (κ1) is 15.7. The summed E-state index contributed by atoms with van der Waals surface area (Å²) in [4.78, 5) is 28.8. The maximum absolute atomic E-state index is 12.4. The van der Waals surface area contributed by atoms with Crippen LogP contribution in [-0.4, -0.2) is 21.5 Å². The van der Waals surface area contributed by atoms with Crippen molar-refractivity contribution in [2.75, 3.05) is 0 Å². The van der Waals surface area contributed by atoms with Gasteiger partial charge in [0.2, 0.25) is 5.91 Å². The Morgan fingerprint density at radius 1 is 1.35 bits per heavy atom. The average Bonchev–Trinajstić information content (AvgIpc) is 2.54. The number of benzene rings is 1. The molecule has 2 atom stereocenters. The number of para-hydroxylation sites is 1. The van der Waals surface area contributed by atoms with Crippen LogP contribution in [-0.2, 0) is 11.3 Å². The van der Waals surface area contributed by atoms with Crippen molar-refractivity contribution < 1.29 is 4.79 Å². The van der Waals surface area contributed by atoms with Crippen molar-refractivity contribution in [1.29, 1.82) is 0 Å². The Kier molecular flexibility index (Phi) is 4.74. The number of carbonyl (C=O) groups is 1. The summed E-state index contributed by atoms with van der Waals surface area (Å²) in [5, 5.41) is 3.70. The minimum Gasteiger partial charge on any atom is -0.353 e. The second-order valence-corrected chi connectivity index (χ2v) is 6.55. The van der Waals surface area contributed by atoms with Crippen molar-refractivity contribution in [2.45, 2.75) is 51.6 Å². The summed E-state index contributed by atoms with van der Waals surface area (Å²) in [6.07, 6.45) is 6.40. The van der Waals surface area contributed by atoms with Crippen LogP contribution >= 0.6 is 0 Å². The van der Waals surface area contributed by atoms with E-state index in [9.17, 15) is 9.59 Å². The van der Waals surface area contributed by atoms with Crippen molar-refractivity contribution in [3.63, 3.8) is 0 Å². The summed E-state index contributed by atoms with van der Waals surface area (Å²) in [6.45, 7) is 2.60. The van der Waals surface area contributed by atoms with E-state index < -0.39 is 0 Å². The molecule has 0 radical (unpaired) electrons. The Morgan fingerprint density at radius 3 is 3.00 bits per heavy atom. The fraction of sp³-hybridized carbons (Fsp3) is 0.500. The minimum atomic E-state index is -0.0883. The van der Waals surface area contributed by atoms with Gasteiger partial charge in [0, 0.05) is 19.0 Å². The van der Waals surface area contributed by atoms with Crippen molar-refractivity contribution in [2.24, 2.45) is 5.92 Å². The lowest BCUT2D eigenvalue weighted by atomic mass is 9.87. The van der Waals surface area contributed by atoms with Crippen LogP contribution in [0.5, 0.6) is 0 Å². The molecule has 5 nitrogen and oxygen atoms in total. The summed E-state index contributed by atoms with van der Waals surface area (Å²) in [7, 11) is 0. The number of nitrogens with one attached hydrogen (secondary N) is 1. The van der Waals surface area contributed by atoms with E-state index in [0.29, 0.717) is 29.8 Å². The normalized spacial score (nSPS) is 21.3. The Balaban J connectivity index is 1.61. The molecule has 1 saturated carbocycles. The van der Waals surface area contributed by atoms with Gasteiger partial charge in [-0.25, -0.2) is 4.98 Å². The van der Waals surface area contributed by atoms with Gasteiger partial charge in [0.15, 0.2) is 0 Å². The largest absolute Gasteiger partial charge is 0.353 e. The predicted octanol–water partition coefficient (Wildman–Crippen LogP) is 2.48. The van der Waals surface area contributed by atoms with Crippen LogP contribution in [0.15, 0.2) is 35.4 Å². The zero-order chi connectivity index (χ0) is 16.2. The van der Waals surface area contributed by atoms with Gasteiger partial charge in [-0.05, 0) is 30.9 Å². The zero-order valence-electron chi connectivity index (χ0n) is 13.5. The fourth-order valence-electron chi connectivity index (χ4n) is 3.35. The molecule has 0 bridgehead atoms. The molecular formula is C18H23N3O2. The minimum absolute atomic E-state index is 0.0177. The van der Waals surface area contributed by atoms with Crippen LogP contribution in [0.2, 0.25) is 0 Å².